The fourth-order valence-corrected chi connectivity index (χ4v) is 2.57. The first kappa shape index (κ1) is 15.9. The molecule has 3 heteroatoms. The zero-order chi connectivity index (χ0) is 15.1. The van der Waals surface area contributed by atoms with Crippen molar-refractivity contribution in [2.45, 2.75) is 25.8 Å². The highest BCUT2D eigenvalue weighted by molar-refractivity contribution is 6.13. The van der Waals surface area contributed by atoms with Crippen molar-refractivity contribution in [3.63, 3.8) is 0 Å². The Labute approximate surface area is 129 Å². The van der Waals surface area contributed by atoms with Crippen molar-refractivity contribution < 1.29 is 9.47 Å². The summed E-state index contributed by atoms with van der Waals surface area (Å²) in [4.78, 5) is 0. The van der Waals surface area contributed by atoms with Crippen LogP contribution in [-0.2, 0) is 16.1 Å². The van der Waals surface area contributed by atoms with Crippen LogP contribution in [-0.4, -0.2) is 21.6 Å². The van der Waals surface area contributed by atoms with Gasteiger partial charge in [-0.1, -0.05) is 49.1 Å². The molecule has 3 atom stereocenters. The normalized spacial score (nSPS) is 22.7. The van der Waals surface area contributed by atoms with Crippen molar-refractivity contribution in [3.05, 3.63) is 59.9 Å². The number of methoxy groups -OCH3 is 1. The van der Waals surface area contributed by atoms with Crippen molar-refractivity contribution in [3.8, 4) is 0 Å². The fraction of sp³-hybridized carbons (Fsp3) is 0.444. The van der Waals surface area contributed by atoms with E-state index in [1.165, 1.54) is 5.56 Å². The molecule has 2 nitrogen and oxygen atoms in total. The maximum absolute atomic E-state index is 6.14. The van der Waals surface area contributed by atoms with Gasteiger partial charge in [-0.2, -0.15) is 0 Å². The van der Waals surface area contributed by atoms with Gasteiger partial charge in [0.2, 0.25) is 0 Å². The lowest BCUT2D eigenvalue weighted by Crippen LogP contribution is -2.16. The summed E-state index contributed by atoms with van der Waals surface area (Å²) in [5, 5.41) is 0. The SMILES string of the molecule is [B]C1C=CC(OC)=CC1C[C@H](C)COCc1ccccc1. The maximum atomic E-state index is 6.14. The average molecular weight is 282 g/mol. The molecule has 0 aromatic heterocycles. The number of ether oxygens (including phenoxy) is 2. The van der Waals surface area contributed by atoms with Crippen LogP contribution < -0.4 is 0 Å². The third-order valence-electron chi connectivity index (χ3n) is 3.78. The molecule has 0 saturated heterocycles. The minimum absolute atomic E-state index is 0.0699. The van der Waals surface area contributed by atoms with E-state index in [-0.39, 0.29) is 5.82 Å². The van der Waals surface area contributed by atoms with E-state index in [4.69, 9.17) is 17.3 Å². The smallest absolute Gasteiger partial charge is 0.114 e. The first-order valence-electron chi connectivity index (χ1n) is 7.50. The maximum Gasteiger partial charge on any atom is 0.114 e. The van der Waals surface area contributed by atoms with Gasteiger partial charge >= 0.3 is 0 Å². The molecule has 2 unspecified atom stereocenters. The zero-order valence-electron chi connectivity index (χ0n) is 12.9. The van der Waals surface area contributed by atoms with Gasteiger partial charge in [0.25, 0.3) is 0 Å². The molecule has 110 valence electrons. The Morgan fingerprint density at radius 1 is 1.24 bits per heavy atom. The summed E-state index contributed by atoms with van der Waals surface area (Å²) in [6, 6.07) is 10.3. The lowest BCUT2D eigenvalue weighted by atomic mass is 9.71. The molecular formula is C18H23BO2. The van der Waals surface area contributed by atoms with E-state index in [0.29, 0.717) is 18.4 Å². The van der Waals surface area contributed by atoms with Crippen LogP contribution in [0.15, 0.2) is 54.3 Å². The van der Waals surface area contributed by atoms with E-state index in [0.717, 1.165) is 18.8 Å². The Hall–Kier alpha value is -1.48. The predicted octanol–water partition coefficient (Wildman–Crippen LogP) is 3.90. The van der Waals surface area contributed by atoms with Gasteiger partial charge < -0.3 is 9.47 Å². The fourth-order valence-electron chi connectivity index (χ4n) is 2.57. The first-order valence-corrected chi connectivity index (χ1v) is 7.50. The molecule has 0 N–H and O–H groups in total. The number of allylic oxidation sites excluding steroid dienone is 3. The Morgan fingerprint density at radius 2 is 2.00 bits per heavy atom. The Bertz CT molecular complexity index is 481. The summed E-state index contributed by atoms with van der Waals surface area (Å²) >= 11 is 0. The Morgan fingerprint density at radius 3 is 2.71 bits per heavy atom. The third-order valence-corrected chi connectivity index (χ3v) is 3.78. The summed E-state index contributed by atoms with van der Waals surface area (Å²) < 4.78 is 11.1. The van der Waals surface area contributed by atoms with Gasteiger partial charge in [0.05, 0.1) is 21.6 Å². The molecule has 1 aromatic rings. The molecule has 0 spiro atoms. The molecule has 2 rings (SSSR count). The van der Waals surface area contributed by atoms with Crippen molar-refractivity contribution in [1.29, 1.82) is 0 Å². The second kappa shape index (κ2) is 8.09. The van der Waals surface area contributed by atoms with Crippen molar-refractivity contribution in [2.24, 2.45) is 11.8 Å². The standard InChI is InChI=1S/C18H23BO2/c1-14(12-21-13-15-6-4-3-5-7-15)10-16-11-17(20-2)8-9-18(16)19/h3-9,11,14,16,18H,10,12-13H2,1-2H3/t14-,16?,18?/m0/s1. The van der Waals surface area contributed by atoms with E-state index in [1.807, 2.05) is 30.4 Å². The van der Waals surface area contributed by atoms with E-state index in [1.54, 1.807) is 7.11 Å². The molecule has 0 amide bonds. The van der Waals surface area contributed by atoms with E-state index in [9.17, 15) is 0 Å². The lowest BCUT2D eigenvalue weighted by Gasteiger charge is -2.25. The molecule has 0 fully saturated rings. The van der Waals surface area contributed by atoms with Crippen LogP contribution in [0.1, 0.15) is 18.9 Å². The molecule has 1 aliphatic carbocycles. The Balaban J connectivity index is 1.75. The van der Waals surface area contributed by atoms with Gasteiger partial charge in [0.15, 0.2) is 0 Å². The van der Waals surface area contributed by atoms with Crippen molar-refractivity contribution in [2.75, 3.05) is 13.7 Å². The number of hydrogen-bond donors (Lipinski definition) is 0. The van der Waals surface area contributed by atoms with Crippen molar-refractivity contribution >= 4 is 7.85 Å². The highest BCUT2D eigenvalue weighted by atomic mass is 16.5. The molecule has 1 aliphatic rings. The molecule has 0 aliphatic heterocycles. The van der Waals surface area contributed by atoms with Crippen LogP contribution in [0.5, 0.6) is 0 Å². The molecule has 0 heterocycles. The van der Waals surface area contributed by atoms with Gasteiger partial charge in [-0.3, -0.25) is 0 Å². The summed E-state index contributed by atoms with van der Waals surface area (Å²) in [5.41, 5.74) is 1.21. The van der Waals surface area contributed by atoms with Crippen LogP contribution in [0.4, 0.5) is 0 Å². The van der Waals surface area contributed by atoms with Crippen LogP contribution in [0.25, 0.3) is 0 Å². The van der Waals surface area contributed by atoms with Crippen molar-refractivity contribution in [1.82, 2.24) is 0 Å². The highest BCUT2D eigenvalue weighted by Crippen LogP contribution is 2.31. The Kier molecular flexibility index (Phi) is 6.12. The van der Waals surface area contributed by atoms with Crippen LogP contribution >= 0.6 is 0 Å². The van der Waals surface area contributed by atoms with Gasteiger partial charge in [-0.15, -0.1) is 0 Å². The summed E-state index contributed by atoms with van der Waals surface area (Å²) in [5.74, 6) is 1.76. The van der Waals surface area contributed by atoms with E-state index in [2.05, 4.69) is 25.1 Å². The van der Waals surface area contributed by atoms with Gasteiger partial charge in [0.1, 0.15) is 5.76 Å². The second-order valence-corrected chi connectivity index (χ2v) is 5.72. The minimum atomic E-state index is 0.0699. The number of rotatable bonds is 7. The van der Waals surface area contributed by atoms with Crippen LogP contribution in [0, 0.1) is 11.8 Å². The molecule has 1 aromatic carbocycles. The van der Waals surface area contributed by atoms with Crippen LogP contribution in [0.2, 0.25) is 5.82 Å². The summed E-state index contributed by atoms with van der Waals surface area (Å²) in [7, 11) is 7.83. The quantitative estimate of drug-likeness (QED) is 0.706. The van der Waals surface area contributed by atoms with Gasteiger partial charge in [0, 0.05) is 6.61 Å². The average Bonchev–Trinajstić information content (AvgIpc) is 2.50. The first-order chi connectivity index (χ1) is 10.2. The largest absolute Gasteiger partial charge is 0.497 e. The topological polar surface area (TPSA) is 18.5 Å². The molecular weight excluding hydrogens is 259 g/mol. The number of hydrogen-bond acceptors (Lipinski definition) is 2. The highest BCUT2D eigenvalue weighted by Gasteiger charge is 2.19. The summed E-state index contributed by atoms with van der Waals surface area (Å²) in [6.45, 7) is 3.62. The molecule has 0 saturated carbocycles. The third kappa shape index (κ3) is 5.09. The van der Waals surface area contributed by atoms with Gasteiger partial charge in [-0.05, 0) is 36.0 Å². The molecule has 0 bridgehead atoms. The predicted molar refractivity (Wildman–Crippen MR) is 87.1 cm³/mol. The summed E-state index contributed by atoms with van der Waals surface area (Å²) in [6.07, 6.45) is 7.09. The number of benzene rings is 1. The lowest BCUT2D eigenvalue weighted by molar-refractivity contribution is 0.0859. The zero-order valence-corrected chi connectivity index (χ0v) is 12.9. The molecule has 2 radical (unpaired) electrons. The van der Waals surface area contributed by atoms with E-state index < -0.39 is 0 Å². The van der Waals surface area contributed by atoms with Crippen LogP contribution in [0.3, 0.4) is 0 Å². The minimum Gasteiger partial charge on any atom is -0.497 e. The monoisotopic (exact) mass is 282 g/mol. The second-order valence-electron chi connectivity index (χ2n) is 5.72. The van der Waals surface area contributed by atoms with Gasteiger partial charge in [-0.25, -0.2) is 0 Å². The van der Waals surface area contributed by atoms with E-state index >= 15 is 0 Å². The molecule has 21 heavy (non-hydrogen) atoms.